The van der Waals surface area contributed by atoms with E-state index >= 15 is 0 Å². The zero-order valence-corrected chi connectivity index (χ0v) is 14.0. The predicted octanol–water partition coefficient (Wildman–Crippen LogP) is 2.51. The largest absolute Gasteiger partial charge is 0.357 e. The van der Waals surface area contributed by atoms with Gasteiger partial charge in [0.15, 0.2) is 5.96 Å². The van der Waals surface area contributed by atoms with Crippen LogP contribution in [0.4, 0.5) is 0 Å². The van der Waals surface area contributed by atoms with E-state index in [1.165, 1.54) is 12.8 Å². The predicted molar refractivity (Wildman–Crippen MR) is 89.4 cm³/mol. The SMILES string of the molecule is CCNC(=NCC(C)Cn1cccn1)NCCCC(C)C. The highest BCUT2D eigenvalue weighted by molar-refractivity contribution is 5.79. The number of aliphatic imine (C=N–C) groups is 1. The second-order valence-electron chi connectivity index (χ2n) is 6.02. The van der Waals surface area contributed by atoms with Crippen LogP contribution in [-0.2, 0) is 6.54 Å². The molecule has 1 atom stereocenters. The molecule has 0 bridgehead atoms. The van der Waals surface area contributed by atoms with Crippen molar-refractivity contribution in [1.29, 1.82) is 0 Å². The molecule has 1 aromatic rings. The highest BCUT2D eigenvalue weighted by Crippen LogP contribution is 2.02. The third-order valence-electron chi connectivity index (χ3n) is 3.21. The summed E-state index contributed by atoms with van der Waals surface area (Å²) in [6.45, 7) is 12.4. The van der Waals surface area contributed by atoms with Crippen molar-refractivity contribution in [2.75, 3.05) is 19.6 Å². The Morgan fingerprint density at radius 1 is 1.29 bits per heavy atom. The lowest BCUT2D eigenvalue weighted by molar-refractivity contribution is 0.458. The van der Waals surface area contributed by atoms with Crippen LogP contribution in [0.2, 0.25) is 0 Å². The van der Waals surface area contributed by atoms with Crippen LogP contribution in [0.1, 0.15) is 40.5 Å². The van der Waals surface area contributed by atoms with Crippen molar-refractivity contribution in [3.05, 3.63) is 18.5 Å². The van der Waals surface area contributed by atoms with Gasteiger partial charge in [0.2, 0.25) is 0 Å². The van der Waals surface area contributed by atoms with Gasteiger partial charge in [-0.25, -0.2) is 0 Å². The zero-order valence-electron chi connectivity index (χ0n) is 14.0. The van der Waals surface area contributed by atoms with Crippen molar-refractivity contribution < 1.29 is 0 Å². The summed E-state index contributed by atoms with van der Waals surface area (Å²) >= 11 is 0. The second-order valence-corrected chi connectivity index (χ2v) is 6.02. The Morgan fingerprint density at radius 3 is 2.71 bits per heavy atom. The Morgan fingerprint density at radius 2 is 2.10 bits per heavy atom. The van der Waals surface area contributed by atoms with Gasteiger partial charge in [0.1, 0.15) is 0 Å². The number of rotatable bonds is 9. The second kappa shape index (κ2) is 10.2. The zero-order chi connectivity index (χ0) is 15.5. The molecule has 1 rings (SSSR count). The molecule has 0 radical (unpaired) electrons. The third kappa shape index (κ3) is 8.38. The molecule has 1 aromatic heterocycles. The van der Waals surface area contributed by atoms with Gasteiger partial charge in [-0.15, -0.1) is 0 Å². The van der Waals surface area contributed by atoms with E-state index in [-0.39, 0.29) is 0 Å². The molecule has 1 heterocycles. The minimum Gasteiger partial charge on any atom is -0.357 e. The van der Waals surface area contributed by atoms with E-state index in [0.29, 0.717) is 5.92 Å². The fourth-order valence-corrected chi connectivity index (χ4v) is 2.09. The quantitative estimate of drug-likeness (QED) is 0.418. The lowest BCUT2D eigenvalue weighted by Crippen LogP contribution is -2.38. The fourth-order valence-electron chi connectivity index (χ4n) is 2.09. The standard InChI is InChI=1S/C16H31N5/c1-5-17-16(18-9-6-8-14(2)3)19-12-15(4)13-21-11-7-10-20-21/h7,10-11,14-15H,5-6,8-9,12-13H2,1-4H3,(H2,17,18,19). The molecule has 0 amide bonds. The summed E-state index contributed by atoms with van der Waals surface area (Å²) in [6.07, 6.45) is 6.25. The molecule has 1 unspecified atom stereocenters. The molecule has 0 aromatic carbocycles. The van der Waals surface area contributed by atoms with Crippen LogP contribution < -0.4 is 10.6 Å². The number of guanidine groups is 1. The van der Waals surface area contributed by atoms with E-state index in [2.05, 4.69) is 48.4 Å². The van der Waals surface area contributed by atoms with Gasteiger partial charge in [-0.1, -0.05) is 20.8 Å². The maximum absolute atomic E-state index is 4.66. The van der Waals surface area contributed by atoms with Crippen LogP contribution in [0.5, 0.6) is 0 Å². The van der Waals surface area contributed by atoms with E-state index < -0.39 is 0 Å². The summed E-state index contributed by atoms with van der Waals surface area (Å²) in [5.74, 6) is 2.16. The van der Waals surface area contributed by atoms with Gasteiger partial charge in [-0.3, -0.25) is 9.67 Å². The number of nitrogens with zero attached hydrogens (tertiary/aromatic N) is 3. The van der Waals surface area contributed by atoms with Crippen LogP contribution in [0, 0.1) is 11.8 Å². The Balaban J connectivity index is 2.32. The normalized spacial score (nSPS) is 13.5. The smallest absolute Gasteiger partial charge is 0.191 e. The highest BCUT2D eigenvalue weighted by Gasteiger charge is 2.04. The van der Waals surface area contributed by atoms with Crippen molar-refractivity contribution in [2.45, 2.75) is 47.1 Å². The molecule has 0 saturated heterocycles. The first-order valence-electron chi connectivity index (χ1n) is 8.11. The molecule has 0 aliphatic carbocycles. The van der Waals surface area contributed by atoms with Gasteiger partial charge >= 0.3 is 0 Å². The van der Waals surface area contributed by atoms with Crippen LogP contribution in [-0.4, -0.2) is 35.4 Å². The van der Waals surface area contributed by atoms with Gasteiger partial charge in [0.05, 0.1) is 0 Å². The number of hydrogen-bond donors (Lipinski definition) is 2. The molecule has 0 saturated carbocycles. The summed E-state index contributed by atoms with van der Waals surface area (Å²) in [5.41, 5.74) is 0. The van der Waals surface area contributed by atoms with Crippen LogP contribution in [0.25, 0.3) is 0 Å². The number of aromatic nitrogens is 2. The third-order valence-corrected chi connectivity index (χ3v) is 3.21. The van der Waals surface area contributed by atoms with Crippen LogP contribution in [0.15, 0.2) is 23.5 Å². The summed E-state index contributed by atoms with van der Waals surface area (Å²) in [7, 11) is 0. The molecular formula is C16H31N5. The summed E-state index contributed by atoms with van der Waals surface area (Å²) in [6, 6.07) is 1.95. The van der Waals surface area contributed by atoms with Crippen molar-refractivity contribution in [2.24, 2.45) is 16.8 Å². The van der Waals surface area contributed by atoms with E-state index in [1.54, 1.807) is 0 Å². The molecule has 5 heteroatoms. The monoisotopic (exact) mass is 293 g/mol. The van der Waals surface area contributed by atoms with Gasteiger partial charge in [-0.05, 0) is 37.7 Å². The average Bonchev–Trinajstić information content (AvgIpc) is 2.93. The molecule has 2 N–H and O–H groups in total. The summed E-state index contributed by atoms with van der Waals surface area (Å²) < 4.78 is 1.96. The van der Waals surface area contributed by atoms with E-state index in [4.69, 9.17) is 0 Å². The minimum atomic E-state index is 0.469. The lowest BCUT2D eigenvalue weighted by atomic mass is 10.1. The van der Waals surface area contributed by atoms with Gasteiger partial charge in [-0.2, -0.15) is 5.10 Å². The van der Waals surface area contributed by atoms with Gasteiger partial charge in [0, 0.05) is 38.6 Å². The van der Waals surface area contributed by atoms with Crippen molar-refractivity contribution in [3.8, 4) is 0 Å². The summed E-state index contributed by atoms with van der Waals surface area (Å²) in [4.78, 5) is 4.66. The first-order chi connectivity index (χ1) is 10.1. The molecule has 0 spiro atoms. The minimum absolute atomic E-state index is 0.469. The van der Waals surface area contributed by atoms with Crippen LogP contribution >= 0.6 is 0 Å². The Hall–Kier alpha value is -1.52. The molecule has 0 aliphatic heterocycles. The molecule has 5 nitrogen and oxygen atoms in total. The Bertz CT molecular complexity index is 383. The van der Waals surface area contributed by atoms with E-state index in [1.807, 2.05) is 23.1 Å². The van der Waals surface area contributed by atoms with E-state index in [0.717, 1.165) is 38.1 Å². The molecule has 0 aliphatic rings. The maximum Gasteiger partial charge on any atom is 0.191 e. The molecule has 21 heavy (non-hydrogen) atoms. The first kappa shape index (κ1) is 17.5. The highest BCUT2D eigenvalue weighted by atomic mass is 15.3. The topological polar surface area (TPSA) is 54.2 Å². The number of hydrogen-bond acceptors (Lipinski definition) is 2. The average molecular weight is 293 g/mol. The Kier molecular flexibility index (Phi) is 8.55. The van der Waals surface area contributed by atoms with Crippen molar-refractivity contribution in [3.63, 3.8) is 0 Å². The lowest BCUT2D eigenvalue weighted by Gasteiger charge is -2.14. The molecule has 0 fully saturated rings. The van der Waals surface area contributed by atoms with Crippen LogP contribution in [0.3, 0.4) is 0 Å². The number of nitrogens with one attached hydrogen (secondary N) is 2. The summed E-state index contributed by atoms with van der Waals surface area (Å²) in [5, 5.41) is 10.9. The van der Waals surface area contributed by atoms with E-state index in [9.17, 15) is 0 Å². The maximum atomic E-state index is 4.66. The Labute approximate surface area is 129 Å². The van der Waals surface area contributed by atoms with Crippen molar-refractivity contribution >= 4 is 5.96 Å². The van der Waals surface area contributed by atoms with Crippen molar-refractivity contribution in [1.82, 2.24) is 20.4 Å². The van der Waals surface area contributed by atoms with Gasteiger partial charge < -0.3 is 10.6 Å². The molecular weight excluding hydrogens is 262 g/mol. The molecule has 120 valence electrons. The van der Waals surface area contributed by atoms with Gasteiger partial charge in [0.25, 0.3) is 0 Å². The first-order valence-corrected chi connectivity index (χ1v) is 8.11. The fraction of sp³-hybridized carbons (Fsp3) is 0.750.